The minimum atomic E-state index is -0.687. The van der Waals surface area contributed by atoms with Crippen molar-refractivity contribution in [3.05, 3.63) is 65.9 Å². The van der Waals surface area contributed by atoms with Crippen LogP contribution >= 0.6 is 0 Å². The maximum Gasteiger partial charge on any atom is 0.265 e. The Morgan fingerprint density at radius 2 is 2.08 bits per heavy atom. The molecule has 0 saturated carbocycles. The number of aromatic nitrogens is 1. The van der Waals surface area contributed by atoms with Gasteiger partial charge in [-0.15, -0.1) is 0 Å². The Balaban J connectivity index is 1.77. The molecule has 128 valence electrons. The summed E-state index contributed by atoms with van der Waals surface area (Å²) in [6.45, 7) is 3.59. The first-order valence-electron chi connectivity index (χ1n) is 8.09. The van der Waals surface area contributed by atoms with Crippen LogP contribution in [0.15, 0.2) is 54.7 Å². The van der Waals surface area contributed by atoms with Gasteiger partial charge in [0, 0.05) is 11.6 Å². The van der Waals surface area contributed by atoms with Gasteiger partial charge < -0.3 is 15.2 Å². The summed E-state index contributed by atoms with van der Waals surface area (Å²) in [5.41, 5.74) is 3.19. The predicted octanol–water partition coefficient (Wildman–Crippen LogP) is 3.44. The van der Waals surface area contributed by atoms with Crippen LogP contribution in [-0.2, 0) is 11.4 Å². The van der Waals surface area contributed by atoms with Crippen molar-refractivity contribution in [1.29, 1.82) is 0 Å². The molecule has 0 bridgehead atoms. The van der Waals surface area contributed by atoms with Crippen molar-refractivity contribution in [2.45, 2.75) is 26.6 Å². The van der Waals surface area contributed by atoms with E-state index in [-0.39, 0.29) is 12.5 Å². The maximum atomic E-state index is 12.5. The first-order valence-corrected chi connectivity index (χ1v) is 8.09. The molecule has 0 saturated heterocycles. The molecule has 1 heterocycles. The number of aliphatic hydroxyl groups is 1. The highest BCUT2D eigenvalue weighted by Gasteiger charge is 2.16. The standard InChI is InChI=1S/C20H20N2O3/c1-13-9-16-6-4-8-21-19(16)18(10-13)22-20(24)14(2)25-17-7-3-5-15(11-17)12-23/h3-11,14,23H,12H2,1-2H3,(H,22,24). The van der Waals surface area contributed by atoms with Crippen LogP contribution in [0, 0.1) is 6.92 Å². The van der Waals surface area contributed by atoms with Gasteiger partial charge in [-0.2, -0.15) is 0 Å². The van der Waals surface area contributed by atoms with E-state index < -0.39 is 6.10 Å². The third-order valence-electron chi connectivity index (χ3n) is 3.87. The maximum absolute atomic E-state index is 12.5. The second kappa shape index (κ2) is 7.32. The third-order valence-corrected chi connectivity index (χ3v) is 3.87. The lowest BCUT2D eigenvalue weighted by molar-refractivity contribution is -0.122. The van der Waals surface area contributed by atoms with Crippen molar-refractivity contribution in [2.75, 3.05) is 5.32 Å². The smallest absolute Gasteiger partial charge is 0.265 e. The summed E-state index contributed by atoms with van der Waals surface area (Å²) in [7, 11) is 0. The van der Waals surface area contributed by atoms with Gasteiger partial charge in [-0.05, 0) is 55.3 Å². The Labute approximate surface area is 146 Å². The molecular formula is C20H20N2O3. The topological polar surface area (TPSA) is 71.5 Å². The Morgan fingerprint density at radius 1 is 1.24 bits per heavy atom. The highest BCUT2D eigenvalue weighted by atomic mass is 16.5. The number of aliphatic hydroxyl groups excluding tert-OH is 1. The molecule has 3 aromatic rings. The lowest BCUT2D eigenvalue weighted by Crippen LogP contribution is -2.30. The Hall–Kier alpha value is -2.92. The molecule has 2 aromatic carbocycles. The van der Waals surface area contributed by atoms with Gasteiger partial charge >= 0.3 is 0 Å². The van der Waals surface area contributed by atoms with E-state index in [1.165, 1.54) is 0 Å². The molecule has 1 amide bonds. The molecule has 1 unspecified atom stereocenters. The number of ether oxygens (including phenoxy) is 1. The van der Waals surface area contributed by atoms with E-state index in [9.17, 15) is 9.90 Å². The number of carbonyl (C=O) groups excluding carboxylic acids is 1. The van der Waals surface area contributed by atoms with Crippen LogP contribution in [0.4, 0.5) is 5.69 Å². The number of hydrogen-bond donors (Lipinski definition) is 2. The number of aryl methyl sites for hydroxylation is 1. The van der Waals surface area contributed by atoms with Crippen LogP contribution in [0.3, 0.4) is 0 Å². The largest absolute Gasteiger partial charge is 0.481 e. The van der Waals surface area contributed by atoms with E-state index in [1.807, 2.05) is 31.2 Å². The summed E-state index contributed by atoms with van der Waals surface area (Å²) in [5, 5.41) is 13.1. The zero-order chi connectivity index (χ0) is 17.8. The molecule has 0 fully saturated rings. The van der Waals surface area contributed by atoms with Gasteiger partial charge in [0.25, 0.3) is 5.91 Å². The number of nitrogens with zero attached hydrogens (tertiary/aromatic N) is 1. The second-order valence-electron chi connectivity index (χ2n) is 5.94. The van der Waals surface area contributed by atoms with Gasteiger partial charge in [-0.1, -0.05) is 18.2 Å². The van der Waals surface area contributed by atoms with E-state index in [0.717, 1.165) is 22.0 Å². The normalized spacial score (nSPS) is 12.0. The zero-order valence-electron chi connectivity index (χ0n) is 14.2. The van der Waals surface area contributed by atoms with Gasteiger partial charge in [0.05, 0.1) is 17.8 Å². The molecule has 3 rings (SSSR count). The summed E-state index contributed by atoms with van der Waals surface area (Å²) in [6, 6.07) is 14.8. The van der Waals surface area contributed by atoms with Crippen molar-refractivity contribution >= 4 is 22.5 Å². The third kappa shape index (κ3) is 3.95. The molecular weight excluding hydrogens is 316 g/mol. The minimum Gasteiger partial charge on any atom is -0.481 e. The molecule has 5 heteroatoms. The Kier molecular flexibility index (Phi) is 4.95. The van der Waals surface area contributed by atoms with Gasteiger partial charge in [-0.3, -0.25) is 9.78 Å². The molecule has 5 nitrogen and oxygen atoms in total. The number of pyridine rings is 1. The fraction of sp³-hybridized carbons (Fsp3) is 0.200. The molecule has 0 aliphatic rings. The minimum absolute atomic E-state index is 0.0707. The van der Waals surface area contributed by atoms with Crippen molar-refractivity contribution in [2.24, 2.45) is 0 Å². The number of fused-ring (bicyclic) bond motifs is 1. The fourth-order valence-corrected chi connectivity index (χ4v) is 2.65. The monoisotopic (exact) mass is 336 g/mol. The highest BCUT2D eigenvalue weighted by Crippen LogP contribution is 2.24. The Morgan fingerprint density at radius 3 is 2.88 bits per heavy atom. The molecule has 0 spiro atoms. The molecule has 25 heavy (non-hydrogen) atoms. The lowest BCUT2D eigenvalue weighted by atomic mass is 10.1. The predicted molar refractivity (Wildman–Crippen MR) is 97.6 cm³/mol. The van der Waals surface area contributed by atoms with Crippen LogP contribution < -0.4 is 10.1 Å². The van der Waals surface area contributed by atoms with Crippen molar-refractivity contribution in [1.82, 2.24) is 4.98 Å². The molecule has 0 aliphatic heterocycles. The van der Waals surface area contributed by atoms with E-state index in [0.29, 0.717) is 11.4 Å². The van der Waals surface area contributed by atoms with Gasteiger partial charge in [-0.25, -0.2) is 0 Å². The van der Waals surface area contributed by atoms with Crippen LogP contribution in [-0.4, -0.2) is 22.1 Å². The van der Waals surface area contributed by atoms with Crippen LogP contribution in [0.5, 0.6) is 5.75 Å². The number of amides is 1. The number of nitrogens with one attached hydrogen (secondary N) is 1. The fourth-order valence-electron chi connectivity index (χ4n) is 2.65. The first kappa shape index (κ1) is 16.9. The van der Waals surface area contributed by atoms with E-state index in [4.69, 9.17) is 4.74 Å². The van der Waals surface area contributed by atoms with Crippen LogP contribution in [0.2, 0.25) is 0 Å². The van der Waals surface area contributed by atoms with Crippen LogP contribution in [0.25, 0.3) is 10.9 Å². The number of hydrogen-bond acceptors (Lipinski definition) is 4. The average Bonchev–Trinajstić information content (AvgIpc) is 2.61. The summed E-state index contributed by atoms with van der Waals surface area (Å²) < 4.78 is 5.69. The van der Waals surface area contributed by atoms with Crippen molar-refractivity contribution in [3.8, 4) is 5.75 Å². The molecule has 1 aromatic heterocycles. The van der Waals surface area contributed by atoms with E-state index in [2.05, 4.69) is 10.3 Å². The second-order valence-corrected chi connectivity index (χ2v) is 5.94. The average molecular weight is 336 g/mol. The molecule has 0 radical (unpaired) electrons. The highest BCUT2D eigenvalue weighted by molar-refractivity contribution is 6.02. The van der Waals surface area contributed by atoms with E-state index >= 15 is 0 Å². The van der Waals surface area contributed by atoms with Crippen molar-refractivity contribution in [3.63, 3.8) is 0 Å². The van der Waals surface area contributed by atoms with Crippen LogP contribution in [0.1, 0.15) is 18.1 Å². The molecule has 2 N–H and O–H groups in total. The van der Waals surface area contributed by atoms with Gasteiger partial charge in [0.1, 0.15) is 5.75 Å². The number of carbonyl (C=O) groups is 1. The summed E-state index contributed by atoms with van der Waals surface area (Å²) >= 11 is 0. The van der Waals surface area contributed by atoms with Gasteiger partial charge in [0.2, 0.25) is 0 Å². The lowest BCUT2D eigenvalue weighted by Gasteiger charge is -2.16. The summed E-state index contributed by atoms with van der Waals surface area (Å²) in [4.78, 5) is 16.9. The van der Waals surface area contributed by atoms with Gasteiger partial charge in [0.15, 0.2) is 6.10 Å². The number of anilines is 1. The first-order chi connectivity index (χ1) is 12.1. The molecule has 0 aliphatic carbocycles. The Bertz CT molecular complexity index is 908. The quantitative estimate of drug-likeness (QED) is 0.749. The van der Waals surface area contributed by atoms with Crippen molar-refractivity contribution < 1.29 is 14.6 Å². The summed E-state index contributed by atoms with van der Waals surface area (Å²) in [6.07, 6.45) is 1.02. The number of rotatable bonds is 5. The number of benzene rings is 2. The zero-order valence-corrected chi connectivity index (χ0v) is 14.2. The SMILES string of the molecule is Cc1cc(NC(=O)C(C)Oc2cccc(CO)c2)c2ncccc2c1. The molecule has 1 atom stereocenters. The summed E-state index contributed by atoms with van der Waals surface area (Å²) in [5.74, 6) is 0.286. The van der Waals surface area contributed by atoms with E-state index in [1.54, 1.807) is 37.4 Å².